The van der Waals surface area contributed by atoms with E-state index in [-0.39, 0.29) is 0 Å². The summed E-state index contributed by atoms with van der Waals surface area (Å²) in [5.41, 5.74) is 0. The van der Waals surface area contributed by atoms with Crippen molar-refractivity contribution >= 4 is 0 Å². The van der Waals surface area contributed by atoms with Gasteiger partial charge < -0.3 is 14.2 Å². The van der Waals surface area contributed by atoms with Crippen LogP contribution in [0.2, 0.25) is 0 Å². The summed E-state index contributed by atoms with van der Waals surface area (Å²) in [6.07, 6.45) is 24.8. The quantitative estimate of drug-likeness (QED) is 0.0985. The maximum atomic E-state index is 6.32. The molecule has 0 aromatic heterocycles. The van der Waals surface area contributed by atoms with Crippen LogP contribution in [0, 0.1) is 0 Å². The highest BCUT2D eigenvalue weighted by molar-refractivity contribution is 4.60. The van der Waals surface area contributed by atoms with Gasteiger partial charge in [-0.15, -0.1) is 0 Å². The van der Waals surface area contributed by atoms with E-state index in [1.165, 1.54) is 96.3 Å². The van der Waals surface area contributed by atoms with Crippen LogP contribution >= 0.6 is 0 Å². The van der Waals surface area contributed by atoms with E-state index in [0.29, 0.717) is 0 Å². The van der Waals surface area contributed by atoms with Gasteiger partial charge in [-0.3, -0.25) is 0 Å². The molecule has 0 aliphatic carbocycles. The van der Waals surface area contributed by atoms with E-state index < -0.39 is 5.97 Å². The van der Waals surface area contributed by atoms with Crippen molar-refractivity contribution in [3.63, 3.8) is 0 Å². The van der Waals surface area contributed by atoms with Gasteiger partial charge in [0.1, 0.15) is 0 Å². The van der Waals surface area contributed by atoms with Gasteiger partial charge in [0.2, 0.25) is 0 Å². The number of hydrogen-bond acceptors (Lipinski definition) is 3. The van der Waals surface area contributed by atoms with E-state index in [1.54, 1.807) is 0 Å². The summed E-state index contributed by atoms with van der Waals surface area (Å²) >= 11 is 0. The third-order valence-electron chi connectivity index (χ3n) is 6.02. The summed E-state index contributed by atoms with van der Waals surface area (Å²) in [4.78, 5) is 0. The van der Waals surface area contributed by atoms with E-state index in [4.69, 9.17) is 14.2 Å². The Kier molecular flexibility index (Phi) is 24.4. The Balaban J connectivity index is 4.39. The molecule has 188 valence electrons. The van der Waals surface area contributed by atoms with Gasteiger partial charge in [-0.1, -0.05) is 124 Å². The molecule has 0 aliphatic rings. The fourth-order valence-corrected chi connectivity index (χ4v) is 3.98. The second kappa shape index (κ2) is 24.5. The molecule has 0 spiro atoms. The summed E-state index contributed by atoms with van der Waals surface area (Å²) in [5.74, 6) is -0.814. The van der Waals surface area contributed by atoms with Crippen molar-refractivity contribution in [3.8, 4) is 0 Å². The van der Waals surface area contributed by atoms with Crippen molar-refractivity contribution in [2.45, 2.75) is 162 Å². The third kappa shape index (κ3) is 20.2. The number of unbranched alkanes of at least 4 members (excludes halogenated alkanes) is 15. The molecule has 31 heavy (non-hydrogen) atoms. The van der Waals surface area contributed by atoms with Crippen LogP contribution in [0.4, 0.5) is 0 Å². The number of hydrogen-bond donors (Lipinski definition) is 0. The van der Waals surface area contributed by atoms with Crippen molar-refractivity contribution in [1.82, 2.24) is 0 Å². The first-order chi connectivity index (χ1) is 15.2. The van der Waals surface area contributed by atoms with Crippen LogP contribution in [-0.4, -0.2) is 25.8 Å². The minimum absolute atomic E-state index is 0.749. The fourth-order valence-electron chi connectivity index (χ4n) is 3.98. The Hall–Kier alpha value is -0.120. The van der Waals surface area contributed by atoms with Gasteiger partial charge in [-0.05, 0) is 25.7 Å². The molecular formula is C28H58O3. The summed E-state index contributed by atoms with van der Waals surface area (Å²) in [7, 11) is 0. The van der Waals surface area contributed by atoms with Gasteiger partial charge in [0.05, 0.1) is 19.8 Å². The standard InChI is InChI=1S/C28H58O3/c1-5-9-12-15-18-21-25-29-28(24-8-4,30-26-22-19-16-13-10-6-2)31-27-23-20-17-14-11-7-3/h5-27H2,1-4H3. The van der Waals surface area contributed by atoms with Gasteiger partial charge in [-0.25, -0.2) is 0 Å². The molecule has 0 saturated carbocycles. The van der Waals surface area contributed by atoms with Crippen LogP contribution in [0.25, 0.3) is 0 Å². The summed E-state index contributed by atoms with van der Waals surface area (Å²) in [6, 6.07) is 0. The maximum absolute atomic E-state index is 6.32. The number of ether oxygens (including phenoxy) is 3. The van der Waals surface area contributed by atoms with Crippen molar-refractivity contribution in [2.75, 3.05) is 19.8 Å². The molecule has 0 heterocycles. The van der Waals surface area contributed by atoms with Crippen molar-refractivity contribution in [2.24, 2.45) is 0 Å². The highest BCUT2D eigenvalue weighted by Gasteiger charge is 2.32. The molecule has 0 unspecified atom stereocenters. The summed E-state index contributed by atoms with van der Waals surface area (Å²) < 4.78 is 19.0. The van der Waals surface area contributed by atoms with E-state index >= 15 is 0 Å². The molecule has 0 saturated heterocycles. The molecule has 0 aromatic carbocycles. The van der Waals surface area contributed by atoms with Crippen molar-refractivity contribution in [3.05, 3.63) is 0 Å². The fraction of sp³-hybridized carbons (Fsp3) is 1.00. The zero-order valence-electron chi connectivity index (χ0n) is 22.0. The first-order valence-corrected chi connectivity index (χ1v) is 14.2. The molecule has 0 fully saturated rings. The Labute approximate surface area is 196 Å². The molecule has 3 nitrogen and oxygen atoms in total. The molecule has 3 heteroatoms. The molecular weight excluding hydrogens is 384 g/mol. The average Bonchev–Trinajstić information content (AvgIpc) is 2.77. The van der Waals surface area contributed by atoms with Gasteiger partial charge in [0.25, 0.3) is 5.97 Å². The Bertz CT molecular complexity index is 287. The van der Waals surface area contributed by atoms with Crippen LogP contribution in [-0.2, 0) is 14.2 Å². The minimum Gasteiger partial charge on any atom is -0.327 e. The molecule has 0 N–H and O–H groups in total. The highest BCUT2D eigenvalue weighted by Crippen LogP contribution is 2.25. The minimum atomic E-state index is -0.814. The van der Waals surface area contributed by atoms with Gasteiger partial charge in [-0.2, -0.15) is 0 Å². The Morgan fingerprint density at radius 2 is 0.645 bits per heavy atom. The lowest BCUT2D eigenvalue weighted by Gasteiger charge is -2.33. The topological polar surface area (TPSA) is 27.7 Å². The Morgan fingerprint density at radius 3 is 0.935 bits per heavy atom. The van der Waals surface area contributed by atoms with E-state index in [9.17, 15) is 0 Å². The van der Waals surface area contributed by atoms with Crippen LogP contribution in [0.15, 0.2) is 0 Å². The molecule has 0 aliphatic heterocycles. The second-order valence-corrected chi connectivity index (χ2v) is 9.28. The number of rotatable bonds is 26. The molecule has 0 bridgehead atoms. The lowest BCUT2D eigenvalue weighted by molar-refractivity contribution is -0.384. The highest BCUT2D eigenvalue weighted by atomic mass is 16.9. The molecule has 0 radical (unpaired) electrons. The molecule has 0 amide bonds. The van der Waals surface area contributed by atoms with E-state index in [0.717, 1.165) is 51.9 Å². The maximum Gasteiger partial charge on any atom is 0.282 e. The largest absolute Gasteiger partial charge is 0.327 e. The average molecular weight is 443 g/mol. The zero-order chi connectivity index (χ0) is 22.9. The zero-order valence-corrected chi connectivity index (χ0v) is 22.0. The molecule has 0 atom stereocenters. The predicted octanol–water partition coefficient (Wildman–Crippen LogP) is 9.57. The molecule has 0 aromatic rings. The third-order valence-corrected chi connectivity index (χ3v) is 6.02. The van der Waals surface area contributed by atoms with Crippen molar-refractivity contribution in [1.29, 1.82) is 0 Å². The lowest BCUT2D eigenvalue weighted by Crippen LogP contribution is -2.40. The lowest BCUT2D eigenvalue weighted by atomic mass is 10.1. The second-order valence-electron chi connectivity index (χ2n) is 9.28. The molecule has 0 rings (SSSR count). The van der Waals surface area contributed by atoms with Gasteiger partial charge in [0, 0.05) is 6.42 Å². The predicted molar refractivity (Wildman–Crippen MR) is 136 cm³/mol. The normalized spacial score (nSPS) is 12.0. The first kappa shape index (κ1) is 30.9. The smallest absolute Gasteiger partial charge is 0.282 e. The van der Waals surface area contributed by atoms with Crippen LogP contribution < -0.4 is 0 Å². The monoisotopic (exact) mass is 442 g/mol. The summed E-state index contributed by atoms with van der Waals surface area (Å²) in [5, 5.41) is 0. The van der Waals surface area contributed by atoms with Crippen LogP contribution in [0.1, 0.15) is 156 Å². The Morgan fingerprint density at radius 1 is 0.355 bits per heavy atom. The van der Waals surface area contributed by atoms with Crippen molar-refractivity contribution < 1.29 is 14.2 Å². The SMILES string of the molecule is CCCCCCCCOC(CCC)(OCCCCCCCC)OCCCCCCCC. The van der Waals surface area contributed by atoms with Crippen LogP contribution in [0.3, 0.4) is 0 Å². The summed E-state index contributed by atoms with van der Waals surface area (Å²) in [6.45, 7) is 11.3. The van der Waals surface area contributed by atoms with Gasteiger partial charge in [0.15, 0.2) is 0 Å². The van der Waals surface area contributed by atoms with Gasteiger partial charge >= 0.3 is 0 Å². The van der Waals surface area contributed by atoms with E-state index in [2.05, 4.69) is 27.7 Å². The van der Waals surface area contributed by atoms with Crippen LogP contribution in [0.5, 0.6) is 0 Å². The first-order valence-electron chi connectivity index (χ1n) is 14.2. The van der Waals surface area contributed by atoms with E-state index in [1.807, 2.05) is 0 Å².